The minimum atomic E-state index is -4.05. The molecule has 0 amide bonds. The van der Waals surface area contributed by atoms with Crippen molar-refractivity contribution >= 4 is 16.1 Å². The lowest BCUT2D eigenvalue weighted by atomic mass is 10.0. The number of aliphatic hydroxyl groups excluding tert-OH is 5. The number of sulfone groups is 1. The van der Waals surface area contributed by atoms with Crippen LogP contribution < -0.4 is 0 Å². The van der Waals surface area contributed by atoms with E-state index in [0.29, 0.717) is 6.26 Å². The normalized spacial score (nSPS) is 21.9. The molecule has 0 aromatic rings. The van der Waals surface area contributed by atoms with Gasteiger partial charge in [-0.1, -0.05) is 0 Å². The quantitative estimate of drug-likeness (QED) is 0.302. The van der Waals surface area contributed by atoms with Gasteiger partial charge in [0.15, 0.2) is 21.6 Å². The zero-order chi connectivity index (χ0) is 13.1. The first-order chi connectivity index (χ1) is 7.12. The molecule has 0 aliphatic heterocycles. The van der Waals surface area contributed by atoms with Crippen LogP contribution in [-0.2, 0) is 14.6 Å². The summed E-state index contributed by atoms with van der Waals surface area (Å²) in [7, 11) is -4.05. The van der Waals surface area contributed by atoms with Gasteiger partial charge in [0.1, 0.15) is 24.4 Å². The fourth-order valence-corrected chi connectivity index (χ4v) is 1.57. The molecule has 5 atom stereocenters. The van der Waals surface area contributed by atoms with Gasteiger partial charge in [0, 0.05) is 6.26 Å². The van der Waals surface area contributed by atoms with Crippen molar-refractivity contribution in [3.63, 3.8) is 0 Å². The van der Waals surface area contributed by atoms with Crippen LogP contribution in [0.1, 0.15) is 0 Å². The molecule has 0 heterocycles. The molecule has 0 aromatic carbocycles. The highest BCUT2D eigenvalue weighted by atomic mass is 32.2. The summed E-state index contributed by atoms with van der Waals surface area (Å²) >= 11 is 0. The summed E-state index contributed by atoms with van der Waals surface area (Å²) in [6.45, 7) is 0. The smallest absolute Gasteiger partial charge is 0.183 e. The fraction of sp³-hybridized carbons (Fsp3) is 0.857. The van der Waals surface area contributed by atoms with E-state index in [1.807, 2.05) is 0 Å². The lowest BCUT2D eigenvalue weighted by Crippen LogP contribution is -2.51. The Hall–Kier alpha value is -0.580. The summed E-state index contributed by atoms with van der Waals surface area (Å²) in [5, 5.41) is 45.3. The molecular weight excluding hydrogens is 244 g/mol. The third-order valence-corrected chi connectivity index (χ3v) is 3.08. The van der Waals surface area contributed by atoms with Gasteiger partial charge in [0.25, 0.3) is 0 Å². The Balaban J connectivity index is 4.74. The van der Waals surface area contributed by atoms with Crippen LogP contribution >= 0.6 is 0 Å². The molecule has 0 fully saturated rings. The molecule has 0 saturated carbocycles. The number of hydrogen-bond acceptors (Lipinski definition) is 8. The predicted molar refractivity (Wildman–Crippen MR) is 50.9 cm³/mol. The Morgan fingerprint density at radius 3 is 1.69 bits per heavy atom. The minimum Gasteiger partial charge on any atom is -0.387 e. The maximum atomic E-state index is 10.8. The lowest BCUT2D eigenvalue weighted by Gasteiger charge is -2.26. The molecule has 0 rings (SSSR count). The van der Waals surface area contributed by atoms with Gasteiger partial charge >= 0.3 is 0 Å². The number of rotatable bonds is 6. The molecule has 1 unspecified atom stereocenters. The van der Waals surface area contributed by atoms with Crippen LogP contribution in [0.3, 0.4) is 0 Å². The number of carbonyl (C=O) groups is 1. The SMILES string of the molecule is CS(=O)(=O)C(O)[C@@H](O)[C@H](O)[C@H](O)[C@@H](O)C=O. The van der Waals surface area contributed by atoms with E-state index in [9.17, 15) is 23.4 Å². The maximum absolute atomic E-state index is 10.8. The second kappa shape index (κ2) is 5.66. The second-order valence-corrected chi connectivity index (χ2v) is 5.46. The van der Waals surface area contributed by atoms with E-state index in [-0.39, 0.29) is 6.29 Å². The van der Waals surface area contributed by atoms with Crippen LogP contribution in [0.15, 0.2) is 0 Å². The van der Waals surface area contributed by atoms with Crippen molar-refractivity contribution in [2.45, 2.75) is 29.9 Å². The molecule has 0 aliphatic rings. The summed E-state index contributed by atoms with van der Waals surface area (Å²) in [5.74, 6) is 0. The van der Waals surface area contributed by atoms with Gasteiger partial charge < -0.3 is 30.3 Å². The van der Waals surface area contributed by atoms with Crippen LogP contribution in [0, 0.1) is 0 Å². The Bertz CT molecular complexity index is 325. The van der Waals surface area contributed by atoms with Gasteiger partial charge in [-0.15, -0.1) is 0 Å². The van der Waals surface area contributed by atoms with E-state index >= 15 is 0 Å². The van der Waals surface area contributed by atoms with Gasteiger partial charge in [-0.2, -0.15) is 0 Å². The Morgan fingerprint density at radius 2 is 1.38 bits per heavy atom. The summed E-state index contributed by atoms with van der Waals surface area (Å²) in [6, 6.07) is 0. The standard InChI is InChI=1S/C7H14O8S/c1-16(14,15)7(13)6(12)5(11)4(10)3(9)2-8/h2-7,9-13H,1H3/t3-,4+,5+,6-,7?/m0/s1. The predicted octanol–water partition coefficient (Wildman–Crippen LogP) is -4.01. The molecule has 8 nitrogen and oxygen atoms in total. The second-order valence-electron chi connectivity index (χ2n) is 3.32. The summed E-state index contributed by atoms with van der Waals surface area (Å²) in [4.78, 5) is 10.1. The molecule has 5 N–H and O–H groups in total. The first-order valence-corrected chi connectivity index (χ1v) is 6.13. The lowest BCUT2D eigenvalue weighted by molar-refractivity contribution is -0.138. The van der Waals surface area contributed by atoms with Crippen molar-refractivity contribution in [3.05, 3.63) is 0 Å². The van der Waals surface area contributed by atoms with Crippen molar-refractivity contribution in [1.29, 1.82) is 0 Å². The van der Waals surface area contributed by atoms with E-state index < -0.39 is 39.7 Å². The van der Waals surface area contributed by atoms with Crippen molar-refractivity contribution in [1.82, 2.24) is 0 Å². The van der Waals surface area contributed by atoms with E-state index in [0.717, 1.165) is 0 Å². The largest absolute Gasteiger partial charge is 0.387 e. The van der Waals surface area contributed by atoms with Crippen molar-refractivity contribution in [2.75, 3.05) is 6.26 Å². The Labute approximate surface area is 91.7 Å². The van der Waals surface area contributed by atoms with Gasteiger partial charge in [-0.3, -0.25) is 0 Å². The maximum Gasteiger partial charge on any atom is 0.183 e. The van der Waals surface area contributed by atoms with Gasteiger partial charge in [0.2, 0.25) is 0 Å². The number of carbonyl (C=O) groups excluding carboxylic acids is 1. The topological polar surface area (TPSA) is 152 Å². The van der Waals surface area contributed by atoms with Gasteiger partial charge in [-0.05, 0) is 0 Å². The number of aliphatic hydroxyl groups is 5. The third kappa shape index (κ3) is 3.77. The van der Waals surface area contributed by atoms with E-state index in [2.05, 4.69) is 0 Å². The van der Waals surface area contributed by atoms with Gasteiger partial charge in [0.05, 0.1) is 0 Å². The first kappa shape index (κ1) is 15.4. The third-order valence-electron chi connectivity index (χ3n) is 1.92. The summed E-state index contributed by atoms with van der Waals surface area (Å²) in [5.41, 5.74) is -2.32. The molecule has 0 aromatic heterocycles. The van der Waals surface area contributed by atoms with Crippen LogP contribution in [0.5, 0.6) is 0 Å². The van der Waals surface area contributed by atoms with Crippen LogP contribution in [-0.4, -0.2) is 76.3 Å². The Morgan fingerprint density at radius 1 is 0.938 bits per heavy atom. The average molecular weight is 258 g/mol. The number of aldehydes is 1. The highest BCUT2D eigenvalue weighted by Crippen LogP contribution is 2.11. The fourth-order valence-electron chi connectivity index (χ4n) is 0.906. The van der Waals surface area contributed by atoms with E-state index in [1.54, 1.807) is 0 Å². The number of hydrogen-bond donors (Lipinski definition) is 5. The zero-order valence-electron chi connectivity index (χ0n) is 8.33. The molecule has 9 heteroatoms. The molecule has 0 spiro atoms. The van der Waals surface area contributed by atoms with Crippen LogP contribution in [0.2, 0.25) is 0 Å². The average Bonchev–Trinajstić information content (AvgIpc) is 2.22. The first-order valence-electron chi connectivity index (χ1n) is 4.17. The van der Waals surface area contributed by atoms with Crippen molar-refractivity contribution in [3.8, 4) is 0 Å². The van der Waals surface area contributed by atoms with Crippen molar-refractivity contribution < 1.29 is 38.7 Å². The molecule has 0 radical (unpaired) electrons. The van der Waals surface area contributed by atoms with Crippen LogP contribution in [0.25, 0.3) is 0 Å². The molecule has 96 valence electrons. The Kier molecular flexibility index (Phi) is 5.46. The zero-order valence-corrected chi connectivity index (χ0v) is 9.15. The molecule has 16 heavy (non-hydrogen) atoms. The molecule has 0 bridgehead atoms. The molecule has 0 saturated heterocycles. The highest BCUT2D eigenvalue weighted by Gasteiger charge is 2.38. The van der Waals surface area contributed by atoms with Gasteiger partial charge in [-0.25, -0.2) is 8.42 Å². The highest BCUT2D eigenvalue weighted by molar-refractivity contribution is 7.91. The van der Waals surface area contributed by atoms with Crippen molar-refractivity contribution in [2.24, 2.45) is 0 Å². The van der Waals surface area contributed by atoms with E-state index in [4.69, 9.17) is 15.3 Å². The monoisotopic (exact) mass is 258 g/mol. The molecular formula is C7H14O8S. The minimum absolute atomic E-state index is 0.104. The van der Waals surface area contributed by atoms with Crippen LogP contribution in [0.4, 0.5) is 0 Å². The van der Waals surface area contributed by atoms with E-state index in [1.165, 1.54) is 0 Å². The molecule has 0 aliphatic carbocycles. The summed E-state index contributed by atoms with van der Waals surface area (Å²) in [6.07, 6.45) is -7.99. The summed E-state index contributed by atoms with van der Waals surface area (Å²) < 4.78 is 21.6.